The van der Waals surface area contributed by atoms with Crippen molar-refractivity contribution < 1.29 is 13.7 Å². The maximum atomic E-state index is 14.1. The summed E-state index contributed by atoms with van der Waals surface area (Å²) in [6, 6.07) is 23.4. The van der Waals surface area contributed by atoms with E-state index < -0.39 is 6.04 Å². The van der Waals surface area contributed by atoms with E-state index in [1.165, 1.54) is 17.7 Å². The highest BCUT2D eigenvalue weighted by Gasteiger charge is 2.35. The van der Waals surface area contributed by atoms with E-state index in [4.69, 9.17) is 4.52 Å². The van der Waals surface area contributed by atoms with Gasteiger partial charge >= 0.3 is 6.03 Å². The molecule has 0 radical (unpaired) electrons. The van der Waals surface area contributed by atoms with Gasteiger partial charge < -0.3 is 9.84 Å². The fraction of sp³-hybridized carbons (Fsp3) is 0.207. The second-order valence-corrected chi connectivity index (χ2v) is 8.97. The van der Waals surface area contributed by atoms with Crippen LogP contribution < -0.4 is 5.32 Å². The Morgan fingerprint density at radius 2 is 1.78 bits per heavy atom. The Bertz CT molecular complexity index is 1400. The van der Waals surface area contributed by atoms with E-state index in [0.717, 1.165) is 24.0 Å². The van der Waals surface area contributed by atoms with Gasteiger partial charge in [0, 0.05) is 17.8 Å². The van der Waals surface area contributed by atoms with E-state index in [1.54, 1.807) is 17.0 Å². The summed E-state index contributed by atoms with van der Waals surface area (Å²) in [5.74, 6) is 0.371. The molecule has 0 saturated carbocycles. The molecular weight excluding hydrogens is 455 g/mol. The Balaban J connectivity index is 1.49. The van der Waals surface area contributed by atoms with Crippen molar-refractivity contribution in [3.63, 3.8) is 0 Å². The lowest BCUT2D eigenvalue weighted by molar-refractivity contribution is 0.204. The first-order valence-corrected chi connectivity index (χ1v) is 12.0. The van der Waals surface area contributed by atoms with Crippen molar-refractivity contribution in [3.05, 3.63) is 113 Å². The van der Waals surface area contributed by atoms with Crippen LogP contribution in [-0.2, 0) is 6.42 Å². The Labute approximate surface area is 209 Å². The minimum atomic E-state index is -0.620. The Kier molecular flexibility index (Phi) is 6.62. The molecule has 182 valence electrons. The third kappa shape index (κ3) is 4.91. The minimum absolute atomic E-state index is 0.239. The van der Waals surface area contributed by atoms with Crippen LogP contribution in [0.2, 0.25) is 0 Å². The van der Waals surface area contributed by atoms with Gasteiger partial charge in [0.25, 0.3) is 5.89 Å². The molecule has 0 aliphatic carbocycles. The predicted octanol–water partition coefficient (Wildman–Crippen LogP) is 6.31. The molecule has 1 aliphatic rings. The molecule has 5 rings (SSSR count). The van der Waals surface area contributed by atoms with E-state index in [0.29, 0.717) is 35.1 Å². The molecule has 0 spiro atoms. The number of carbonyl (C=O) groups excluding carboxylic acids is 1. The summed E-state index contributed by atoms with van der Waals surface area (Å²) in [5, 5.41) is 7.22. The zero-order chi connectivity index (χ0) is 25.1. The molecule has 0 fully saturated rings. The highest BCUT2D eigenvalue weighted by molar-refractivity contribution is 5.86. The lowest BCUT2D eigenvalue weighted by Crippen LogP contribution is -2.46. The zero-order valence-electron chi connectivity index (χ0n) is 20.2. The van der Waals surface area contributed by atoms with Crippen LogP contribution >= 0.6 is 0 Å². The molecule has 3 aromatic carbocycles. The third-order valence-electron chi connectivity index (χ3n) is 6.43. The highest BCUT2D eigenvalue weighted by atomic mass is 19.1. The number of nitrogens with one attached hydrogen (secondary N) is 1. The molecule has 0 saturated heterocycles. The number of hydrogen-bond acceptors (Lipinski definition) is 4. The number of amides is 2. The van der Waals surface area contributed by atoms with Gasteiger partial charge in [-0.3, -0.25) is 4.90 Å². The SMILES string of the molecule is CC1=C(c2nc(-c3ccc(C)cc3)no2)C(c2cccc(F)c2)NC(=O)N1CCCc1ccccc1. The Morgan fingerprint density at radius 1 is 1.00 bits per heavy atom. The lowest BCUT2D eigenvalue weighted by atomic mass is 9.94. The molecule has 1 aromatic heterocycles. The van der Waals surface area contributed by atoms with Gasteiger partial charge in [-0.2, -0.15) is 4.98 Å². The second kappa shape index (κ2) is 10.2. The van der Waals surface area contributed by atoms with Crippen LogP contribution in [-0.4, -0.2) is 27.6 Å². The van der Waals surface area contributed by atoms with E-state index in [9.17, 15) is 9.18 Å². The smallest absolute Gasteiger partial charge is 0.322 e. The Morgan fingerprint density at radius 3 is 2.53 bits per heavy atom. The van der Waals surface area contributed by atoms with E-state index >= 15 is 0 Å². The van der Waals surface area contributed by atoms with Crippen LogP contribution in [0, 0.1) is 12.7 Å². The summed E-state index contributed by atoms with van der Waals surface area (Å²) in [7, 11) is 0. The van der Waals surface area contributed by atoms with Gasteiger partial charge in [0.05, 0.1) is 11.6 Å². The van der Waals surface area contributed by atoms with Crippen molar-refractivity contribution in [3.8, 4) is 11.4 Å². The largest absolute Gasteiger partial charge is 0.334 e. The zero-order valence-corrected chi connectivity index (χ0v) is 20.2. The first-order valence-electron chi connectivity index (χ1n) is 12.0. The minimum Gasteiger partial charge on any atom is -0.334 e. The molecule has 0 bridgehead atoms. The van der Waals surface area contributed by atoms with Crippen LogP contribution in [0.5, 0.6) is 0 Å². The molecule has 2 heterocycles. The van der Waals surface area contributed by atoms with Gasteiger partial charge in [-0.05, 0) is 49.9 Å². The lowest BCUT2D eigenvalue weighted by Gasteiger charge is -2.35. The van der Waals surface area contributed by atoms with Crippen molar-refractivity contribution in [1.29, 1.82) is 0 Å². The van der Waals surface area contributed by atoms with Crippen LogP contribution in [0.4, 0.5) is 9.18 Å². The van der Waals surface area contributed by atoms with E-state index in [1.807, 2.05) is 56.3 Å². The number of aromatic nitrogens is 2. The maximum absolute atomic E-state index is 14.1. The fourth-order valence-electron chi connectivity index (χ4n) is 4.50. The average molecular weight is 483 g/mol. The summed E-state index contributed by atoms with van der Waals surface area (Å²) in [6.07, 6.45) is 1.63. The summed E-state index contributed by atoms with van der Waals surface area (Å²) in [4.78, 5) is 19.5. The molecular formula is C29H27FN4O2. The van der Waals surface area contributed by atoms with Gasteiger partial charge in [0.15, 0.2) is 0 Å². The van der Waals surface area contributed by atoms with E-state index in [2.05, 4.69) is 27.6 Å². The first-order chi connectivity index (χ1) is 17.5. The van der Waals surface area contributed by atoms with Gasteiger partial charge in [-0.1, -0.05) is 77.5 Å². The number of hydrogen-bond donors (Lipinski definition) is 1. The summed E-state index contributed by atoms with van der Waals surface area (Å²) >= 11 is 0. The summed E-state index contributed by atoms with van der Waals surface area (Å²) in [5.41, 5.74) is 5.15. The molecule has 4 aromatic rings. The molecule has 6 nitrogen and oxygen atoms in total. The molecule has 36 heavy (non-hydrogen) atoms. The number of urea groups is 1. The van der Waals surface area contributed by atoms with Crippen molar-refractivity contribution in [2.24, 2.45) is 0 Å². The summed E-state index contributed by atoms with van der Waals surface area (Å²) in [6.45, 7) is 4.41. The number of aryl methyl sites for hydroxylation is 2. The molecule has 1 unspecified atom stereocenters. The topological polar surface area (TPSA) is 71.3 Å². The number of rotatable bonds is 7. The monoisotopic (exact) mass is 482 g/mol. The molecule has 1 atom stereocenters. The van der Waals surface area contributed by atoms with Crippen molar-refractivity contribution in [1.82, 2.24) is 20.4 Å². The average Bonchev–Trinajstić information content (AvgIpc) is 3.36. The Hall–Kier alpha value is -4.26. The molecule has 7 heteroatoms. The molecule has 1 aliphatic heterocycles. The van der Waals surface area contributed by atoms with Gasteiger partial charge in [0.1, 0.15) is 5.82 Å². The fourth-order valence-corrected chi connectivity index (χ4v) is 4.50. The maximum Gasteiger partial charge on any atom is 0.322 e. The number of nitrogens with zero attached hydrogens (tertiary/aromatic N) is 3. The number of allylic oxidation sites excluding steroid dienone is 1. The highest BCUT2D eigenvalue weighted by Crippen LogP contribution is 2.37. The van der Waals surface area contributed by atoms with Gasteiger partial charge in [0.2, 0.25) is 5.82 Å². The normalized spacial score (nSPS) is 15.8. The van der Waals surface area contributed by atoms with Crippen molar-refractivity contribution in [2.75, 3.05) is 6.54 Å². The van der Waals surface area contributed by atoms with Gasteiger partial charge in [-0.15, -0.1) is 0 Å². The number of halogens is 1. The summed E-state index contributed by atoms with van der Waals surface area (Å²) < 4.78 is 19.8. The van der Waals surface area contributed by atoms with Crippen LogP contribution in [0.15, 0.2) is 89.1 Å². The first kappa shape index (κ1) is 23.5. The standard InChI is InChI=1S/C29H27FN4O2/c1-19-13-15-22(16-14-19)27-32-28(36-33-27)25-20(2)34(17-7-10-21-8-4-3-5-9-21)29(35)31-26(25)23-11-6-12-24(30)18-23/h3-6,8-9,11-16,18,26H,7,10,17H2,1-2H3,(H,31,35). The van der Waals surface area contributed by atoms with Gasteiger partial charge in [-0.25, -0.2) is 9.18 Å². The van der Waals surface area contributed by atoms with Crippen LogP contribution in [0.3, 0.4) is 0 Å². The molecule has 2 amide bonds. The van der Waals surface area contributed by atoms with Crippen LogP contribution in [0.1, 0.15) is 42.0 Å². The number of carbonyl (C=O) groups is 1. The van der Waals surface area contributed by atoms with Crippen molar-refractivity contribution in [2.45, 2.75) is 32.7 Å². The van der Waals surface area contributed by atoms with Crippen molar-refractivity contribution >= 4 is 11.6 Å². The van der Waals surface area contributed by atoms with E-state index in [-0.39, 0.29) is 11.8 Å². The van der Waals surface area contributed by atoms with Crippen LogP contribution in [0.25, 0.3) is 17.0 Å². The second-order valence-electron chi connectivity index (χ2n) is 8.97. The predicted molar refractivity (Wildman–Crippen MR) is 136 cm³/mol. The number of benzene rings is 3. The quantitative estimate of drug-likeness (QED) is 0.335. The molecule has 1 N–H and O–H groups in total. The third-order valence-corrected chi connectivity index (χ3v) is 6.43.